The van der Waals surface area contributed by atoms with Crippen molar-refractivity contribution >= 4 is 0 Å². The molecule has 0 aromatic heterocycles. The molecule has 0 amide bonds. The number of hydrogen-bond donors (Lipinski definition) is 2. The first kappa shape index (κ1) is 9.15. The van der Waals surface area contributed by atoms with Crippen molar-refractivity contribution in [3.05, 3.63) is 11.6 Å². The number of hydrogen-bond acceptors (Lipinski definition) is 4. The zero-order valence-electron chi connectivity index (χ0n) is 7.73. The fraction of sp³-hybridized carbons (Fsp3) is 0.778. The molecule has 0 bridgehead atoms. The Balaban J connectivity index is 2.19. The molecule has 2 N–H and O–H groups in total. The van der Waals surface area contributed by atoms with Gasteiger partial charge in [-0.05, 0) is 25.5 Å². The maximum atomic E-state index is 9.54. The third-order valence-electron chi connectivity index (χ3n) is 2.40. The highest BCUT2D eigenvalue weighted by Crippen LogP contribution is 2.37. The van der Waals surface area contributed by atoms with Gasteiger partial charge in [-0.2, -0.15) is 0 Å². The van der Waals surface area contributed by atoms with Gasteiger partial charge in [0, 0.05) is 0 Å². The molecule has 1 aliphatic heterocycles. The van der Waals surface area contributed by atoms with E-state index in [0.717, 1.165) is 0 Å². The minimum atomic E-state index is -0.662. The maximum Gasteiger partial charge on any atom is 0.164 e. The lowest BCUT2D eigenvalue weighted by atomic mass is 10.1. The first-order valence-electron chi connectivity index (χ1n) is 4.38. The molecule has 1 saturated heterocycles. The minimum Gasteiger partial charge on any atom is -0.392 e. The lowest BCUT2D eigenvalue weighted by Gasteiger charge is -2.18. The molecule has 0 unspecified atom stereocenters. The van der Waals surface area contributed by atoms with E-state index in [0.29, 0.717) is 5.57 Å². The zero-order valence-corrected chi connectivity index (χ0v) is 7.73. The molecule has 0 aromatic rings. The Bertz CT molecular complexity index is 246. The predicted octanol–water partition coefficient (Wildman–Crippen LogP) is -0.200. The molecule has 13 heavy (non-hydrogen) atoms. The van der Waals surface area contributed by atoms with E-state index in [1.165, 1.54) is 0 Å². The third-order valence-corrected chi connectivity index (χ3v) is 2.40. The van der Waals surface area contributed by atoms with Crippen LogP contribution in [0.25, 0.3) is 0 Å². The summed E-state index contributed by atoms with van der Waals surface area (Å²) in [5.41, 5.74) is 0.711. The Morgan fingerprint density at radius 2 is 2.15 bits per heavy atom. The van der Waals surface area contributed by atoms with Crippen molar-refractivity contribution in [2.45, 2.75) is 37.9 Å². The molecule has 74 valence electrons. The molecular formula is C9H14O4. The predicted molar refractivity (Wildman–Crippen MR) is 45.0 cm³/mol. The van der Waals surface area contributed by atoms with Crippen LogP contribution in [0, 0.1) is 0 Å². The van der Waals surface area contributed by atoms with Crippen molar-refractivity contribution in [1.29, 1.82) is 0 Å². The smallest absolute Gasteiger partial charge is 0.164 e. The second kappa shape index (κ2) is 2.78. The second-order valence-electron chi connectivity index (χ2n) is 3.91. The molecule has 0 radical (unpaired) electrons. The molecular weight excluding hydrogens is 172 g/mol. The van der Waals surface area contributed by atoms with Gasteiger partial charge in [0.25, 0.3) is 0 Å². The summed E-state index contributed by atoms with van der Waals surface area (Å²) in [6.45, 7) is 3.51. The molecule has 1 fully saturated rings. The van der Waals surface area contributed by atoms with E-state index >= 15 is 0 Å². The van der Waals surface area contributed by atoms with Crippen LogP contribution in [0.5, 0.6) is 0 Å². The summed E-state index contributed by atoms with van der Waals surface area (Å²) in [6, 6.07) is 0. The Kier molecular flexibility index (Phi) is 1.96. The van der Waals surface area contributed by atoms with E-state index in [9.17, 15) is 5.11 Å². The van der Waals surface area contributed by atoms with Crippen molar-refractivity contribution < 1.29 is 19.7 Å². The van der Waals surface area contributed by atoms with Crippen LogP contribution in [0.1, 0.15) is 13.8 Å². The standard InChI is InChI=1S/C9H14O4/c1-9(2)12-7-5(4-10)3-6(11)8(7)13-9/h3,6-8,10-11H,4H2,1-2H3/t6-,7-,8+/m1/s1. The van der Waals surface area contributed by atoms with E-state index in [1.807, 2.05) is 0 Å². The van der Waals surface area contributed by atoms with Gasteiger partial charge in [-0.25, -0.2) is 0 Å². The molecule has 4 nitrogen and oxygen atoms in total. The largest absolute Gasteiger partial charge is 0.392 e. The van der Waals surface area contributed by atoms with Gasteiger partial charge in [0.1, 0.15) is 18.3 Å². The van der Waals surface area contributed by atoms with Gasteiger partial charge in [0.2, 0.25) is 0 Å². The van der Waals surface area contributed by atoms with Crippen molar-refractivity contribution in [3.8, 4) is 0 Å². The summed E-state index contributed by atoms with van der Waals surface area (Å²) in [5, 5.41) is 18.5. The third kappa shape index (κ3) is 1.40. The molecule has 1 aliphatic carbocycles. The van der Waals surface area contributed by atoms with E-state index in [2.05, 4.69) is 0 Å². The van der Waals surface area contributed by atoms with Gasteiger partial charge in [-0.3, -0.25) is 0 Å². The first-order chi connectivity index (χ1) is 6.03. The van der Waals surface area contributed by atoms with Crippen LogP contribution in [0.2, 0.25) is 0 Å². The topological polar surface area (TPSA) is 58.9 Å². The minimum absolute atomic E-state index is 0.0856. The van der Waals surface area contributed by atoms with Crippen LogP contribution < -0.4 is 0 Å². The molecule has 4 heteroatoms. The van der Waals surface area contributed by atoms with Crippen LogP contribution in [-0.2, 0) is 9.47 Å². The summed E-state index contributed by atoms with van der Waals surface area (Å²) in [5.74, 6) is -0.662. The van der Waals surface area contributed by atoms with E-state index in [-0.39, 0.29) is 18.8 Å². The van der Waals surface area contributed by atoms with Gasteiger partial charge in [-0.15, -0.1) is 0 Å². The van der Waals surface area contributed by atoms with Crippen LogP contribution in [0.15, 0.2) is 11.6 Å². The number of rotatable bonds is 1. The van der Waals surface area contributed by atoms with Crippen LogP contribution >= 0.6 is 0 Å². The molecule has 0 saturated carbocycles. The Morgan fingerprint density at radius 1 is 1.46 bits per heavy atom. The van der Waals surface area contributed by atoms with Gasteiger partial charge in [-0.1, -0.05) is 0 Å². The normalized spacial score (nSPS) is 41.8. The van der Waals surface area contributed by atoms with Gasteiger partial charge < -0.3 is 19.7 Å². The first-order valence-corrected chi connectivity index (χ1v) is 4.38. The molecule has 2 rings (SSSR count). The average molecular weight is 186 g/mol. The lowest BCUT2D eigenvalue weighted by molar-refractivity contribution is -0.153. The zero-order chi connectivity index (χ0) is 9.64. The van der Waals surface area contributed by atoms with Crippen molar-refractivity contribution in [2.75, 3.05) is 6.61 Å². The van der Waals surface area contributed by atoms with E-state index < -0.39 is 11.9 Å². The lowest BCUT2D eigenvalue weighted by Crippen LogP contribution is -2.29. The average Bonchev–Trinajstić information content (AvgIpc) is 2.47. The number of aliphatic hydroxyl groups is 2. The van der Waals surface area contributed by atoms with E-state index in [1.54, 1.807) is 19.9 Å². The van der Waals surface area contributed by atoms with Crippen molar-refractivity contribution in [1.82, 2.24) is 0 Å². The summed E-state index contributed by atoms with van der Waals surface area (Å²) in [6.07, 6.45) is 0.311. The number of fused-ring (bicyclic) bond motifs is 1. The van der Waals surface area contributed by atoms with Gasteiger partial charge in [0.15, 0.2) is 5.79 Å². The highest BCUT2D eigenvalue weighted by Gasteiger charge is 2.49. The Morgan fingerprint density at radius 3 is 2.77 bits per heavy atom. The SMILES string of the molecule is CC1(C)O[C@H]2[C@H](O)C=C(CO)[C@H]2O1. The highest BCUT2D eigenvalue weighted by molar-refractivity contribution is 5.24. The maximum absolute atomic E-state index is 9.54. The van der Waals surface area contributed by atoms with Crippen molar-refractivity contribution in [2.24, 2.45) is 0 Å². The summed E-state index contributed by atoms with van der Waals surface area (Å²) in [4.78, 5) is 0. The highest BCUT2D eigenvalue weighted by atomic mass is 16.8. The van der Waals surface area contributed by atoms with Crippen molar-refractivity contribution in [3.63, 3.8) is 0 Å². The number of ether oxygens (including phenoxy) is 2. The number of aliphatic hydroxyl groups excluding tert-OH is 2. The van der Waals surface area contributed by atoms with Gasteiger partial charge in [0.05, 0.1) is 6.61 Å². The quantitative estimate of drug-likeness (QED) is 0.557. The fourth-order valence-electron chi connectivity index (χ4n) is 1.88. The van der Waals surface area contributed by atoms with Gasteiger partial charge >= 0.3 is 0 Å². The molecule has 0 spiro atoms. The molecule has 1 heterocycles. The van der Waals surface area contributed by atoms with Crippen LogP contribution in [-0.4, -0.2) is 40.9 Å². The van der Waals surface area contributed by atoms with Crippen LogP contribution in [0.4, 0.5) is 0 Å². The summed E-state index contributed by atoms with van der Waals surface area (Å²) in [7, 11) is 0. The van der Waals surface area contributed by atoms with E-state index in [4.69, 9.17) is 14.6 Å². The monoisotopic (exact) mass is 186 g/mol. The molecule has 2 aliphatic rings. The fourth-order valence-corrected chi connectivity index (χ4v) is 1.88. The van der Waals surface area contributed by atoms with Crippen LogP contribution in [0.3, 0.4) is 0 Å². The Labute approximate surface area is 76.8 Å². The molecule has 3 atom stereocenters. The summed E-state index contributed by atoms with van der Waals surface area (Å²) >= 11 is 0. The summed E-state index contributed by atoms with van der Waals surface area (Å²) < 4.78 is 11.0. The Hall–Kier alpha value is -0.420. The second-order valence-corrected chi connectivity index (χ2v) is 3.91. The molecule has 0 aromatic carbocycles.